The maximum Gasteiger partial charge on any atom is 0.269 e. The molecule has 1 rings (SSSR count). The Kier molecular flexibility index (Phi) is 5.15. The minimum atomic E-state index is -0.110. The van der Waals surface area contributed by atoms with Gasteiger partial charge in [-0.05, 0) is 32.3 Å². The summed E-state index contributed by atoms with van der Waals surface area (Å²) in [5, 5.41) is 15.7. The van der Waals surface area contributed by atoms with Crippen LogP contribution in [-0.2, 0) is 0 Å². The summed E-state index contributed by atoms with van der Waals surface area (Å²) in [6, 6.07) is 1.88. The van der Waals surface area contributed by atoms with Crippen molar-refractivity contribution in [1.82, 2.24) is 15.1 Å². The molecule has 1 atom stereocenters. The van der Waals surface area contributed by atoms with Crippen LogP contribution in [0.4, 0.5) is 0 Å². The van der Waals surface area contributed by atoms with Gasteiger partial charge in [0.2, 0.25) is 0 Å². The van der Waals surface area contributed by atoms with Gasteiger partial charge < -0.3 is 10.4 Å². The summed E-state index contributed by atoms with van der Waals surface area (Å²) in [6.45, 7) is 6.69. The highest BCUT2D eigenvalue weighted by molar-refractivity contribution is 5.92. The van der Waals surface area contributed by atoms with Gasteiger partial charge in [0.05, 0.1) is 0 Å². The minimum Gasteiger partial charge on any atom is -0.396 e. The summed E-state index contributed by atoms with van der Waals surface area (Å²) < 4.78 is 1.70. The minimum absolute atomic E-state index is 0.110. The number of carbonyl (C=O) groups excluding carboxylic acids is 1. The molecule has 0 saturated heterocycles. The van der Waals surface area contributed by atoms with Gasteiger partial charge >= 0.3 is 0 Å². The Labute approximate surface area is 102 Å². The summed E-state index contributed by atoms with van der Waals surface area (Å²) in [5.41, 5.74) is 0.580. The first-order chi connectivity index (χ1) is 8.06. The number of aliphatic hydroxyl groups excluding tert-OH is 1. The second kappa shape index (κ2) is 6.39. The number of hydrogen-bond donors (Lipinski definition) is 2. The zero-order valence-corrected chi connectivity index (χ0v) is 10.7. The molecule has 0 radical (unpaired) electrons. The molecule has 0 bridgehead atoms. The molecule has 0 fully saturated rings. The Hall–Kier alpha value is -1.36. The second-order valence-corrected chi connectivity index (χ2v) is 4.58. The Morgan fingerprint density at radius 1 is 1.53 bits per heavy atom. The van der Waals surface area contributed by atoms with Crippen molar-refractivity contribution in [2.24, 2.45) is 5.92 Å². The van der Waals surface area contributed by atoms with Crippen LogP contribution in [0.1, 0.15) is 43.7 Å². The molecular weight excluding hydrogens is 218 g/mol. The quantitative estimate of drug-likeness (QED) is 0.784. The third-order valence-corrected chi connectivity index (χ3v) is 2.63. The van der Waals surface area contributed by atoms with Crippen LogP contribution in [0, 0.1) is 5.92 Å². The van der Waals surface area contributed by atoms with Gasteiger partial charge in [-0.3, -0.25) is 9.48 Å². The van der Waals surface area contributed by atoms with Gasteiger partial charge in [0.15, 0.2) is 0 Å². The van der Waals surface area contributed by atoms with Crippen molar-refractivity contribution < 1.29 is 9.90 Å². The fourth-order valence-electron chi connectivity index (χ4n) is 1.59. The summed E-state index contributed by atoms with van der Waals surface area (Å²) >= 11 is 0. The molecule has 1 heterocycles. The summed E-state index contributed by atoms with van der Waals surface area (Å²) in [6.07, 6.45) is 2.33. The molecule has 0 aliphatic rings. The lowest BCUT2D eigenvalue weighted by Crippen LogP contribution is -2.30. The highest BCUT2D eigenvalue weighted by Crippen LogP contribution is 2.08. The van der Waals surface area contributed by atoms with E-state index in [1.165, 1.54) is 0 Å². The Bertz CT molecular complexity index is 360. The molecule has 17 heavy (non-hydrogen) atoms. The first-order valence-electron chi connectivity index (χ1n) is 5.98. The van der Waals surface area contributed by atoms with Crippen LogP contribution in [-0.4, -0.2) is 33.9 Å². The lowest BCUT2D eigenvalue weighted by atomic mass is 10.1. The highest BCUT2D eigenvalue weighted by Gasteiger charge is 2.14. The normalized spacial score (nSPS) is 12.8. The number of aliphatic hydroxyl groups is 1. The van der Waals surface area contributed by atoms with Crippen molar-refractivity contribution >= 4 is 5.91 Å². The highest BCUT2D eigenvalue weighted by atomic mass is 16.3. The lowest BCUT2D eigenvalue weighted by molar-refractivity contribution is 0.0932. The van der Waals surface area contributed by atoms with Crippen LogP contribution in [0.25, 0.3) is 0 Å². The van der Waals surface area contributed by atoms with Gasteiger partial charge in [0.1, 0.15) is 5.69 Å². The summed E-state index contributed by atoms with van der Waals surface area (Å²) in [5.74, 6) is 0.167. The third kappa shape index (κ3) is 3.85. The molecule has 1 unspecified atom stereocenters. The molecule has 0 aromatic carbocycles. The van der Waals surface area contributed by atoms with E-state index >= 15 is 0 Å². The first kappa shape index (κ1) is 13.7. The molecule has 2 N–H and O–H groups in total. The van der Waals surface area contributed by atoms with Crippen LogP contribution in [0.5, 0.6) is 0 Å². The molecule has 0 aliphatic carbocycles. The van der Waals surface area contributed by atoms with Gasteiger partial charge in [-0.2, -0.15) is 5.10 Å². The fourth-order valence-corrected chi connectivity index (χ4v) is 1.59. The van der Waals surface area contributed by atoms with E-state index in [0.717, 1.165) is 0 Å². The molecule has 0 spiro atoms. The molecule has 0 aliphatic heterocycles. The first-order valence-corrected chi connectivity index (χ1v) is 5.98. The van der Waals surface area contributed by atoms with Crippen molar-refractivity contribution in [2.75, 3.05) is 13.2 Å². The van der Waals surface area contributed by atoms with Gasteiger partial charge in [-0.15, -0.1) is 0 Å². The maximum atomic E-state index is 11.9. The van der Waals surface area contributed by atoms with E-state index in [1.807, 2.05) is 20.8 Å². The predicted molar refractivity (Wildman–Crippen MR) is 65.8 cm³/mol. The van der Waals surface area contributed by atoms with Gasteiger partial charge in [0.25, 0.3) is 5.91 Å². The molecule has 5 nitrogen and oxygen atoms in total. The van der Waals surface area contributed by atoms with E-state index in [4.69, 9.17) is 5.11 Å². The van der Waals surface area contributed by atoms with E-state index in [2.05, 4.69) is 10.4 Å². The maximum absolute atomic E-state index is 11.9. The SMILES string of the molecule is CC(CCO)CNC(=O)c1ccnn1C(C)C. The van der Waals surface area contributed by atoms with E-state index < -0.39 is 0 Å². The van der Waals surface area contributed by atoms with Crippen LogP contribution < -0.4 is 5.32 Å². The predicted octanol–water partition coefficient (Wildman–Crippen LogP) is 1.21. The van der Waals surface area contributed by atoms with Crippen molar-refractivity contribution in [3.8, 4) is 0 Å². The number of rotatable bonds is 6. The zero-order chi connectivity index (χ0) is 12.8. The van der Waals surface area contributed by atoms with E-state index in [-0.39, 0.29) is 24.5 Å². The van der Waals surface area contributed by atoms with Crippen LogP contribution in [0.15, 0.2) is 12.3 Å². The van der Waals surface area contributed by atoms with Crippen molar-refractivity contribution in [3.05, 3.63) is 18.0 Å². The van der Waals surface area contributed by atoms with E-state index in [1.54, 1.807) is 16.9 Å². The number of hydrogen-bond acceptors (Lipinski definition) is 3. The molecule has 1 amide bonds. The summed E-state index contributed by atoms with van der Waals surface area (Å²) in [4.78, 5) is 11.9. The molecule has 1 aromatic heterocycles. The smallest absolute Gasteiger partial charge is 0.269 e. The average molecular weight is 239 g/mol. The van der Waals surface area contributed by atoms with Crippen LogP contribution >= 0.6 is 0 Å². The third-order valence-electron chi connectivity index (χ3n) is 2.63. The van der Waals surface area contributed by atoms with E-state index in [0.29, 0.717) is 18.7 Å². The van der Waals surface area contributed by atoms with Gasteiger partial charge in [-0.25, -0.2) is 0 Å². The van der Waals surface area contributed by atoms with Crippen LogP contribution in [0.3, 0.4) is 0 Å². The monoisotopic (exact) mass is 239 g/mol. The number of aromatic nitrogens is 2. The van der Waals surface area contributed by atoms with E-state index in [9.17, 15) is 4.79 Å². The summed E-state index contributed by atoms with van der Waals surface area (Å²) in [7, 11) is 0. The lowest BCUT2D eigenvalue weighted by Gasteiger charge is -2.13. The Morgan fingerprint density at radius 3 is 2.82 bits per heavy atom. The van der Waals surface area contributed by atoms with Crippen molar-refractivity contribution in [3.63, 3.8) is 0 Å². The van der Waals surface area contributed by atoms with Crippen molar-refractivity contribution in [1.29, 1.82) is 0 Å². The molecular formula is C12H21N3O2. The average Bonchev–Trinajstić information content (AvgIpc) is 2.75. The molecule has 1 aromatic rings. The largest absolute Gasteiger partial charge is 0.396 e. The Morgan fingerprint density at radius 2 is 2.24 bits per heavy atom. The standard InChI is InChI=1S/C12H21N3O2/c1-9(2)15-11(4-6-14-15)12(17)13-8-10(3)5-7-16/h4,6,9-10,16H,5,7-8H2,1-3H3,(H,13,17). The molecule has 96 valence electrons. The second-order valence-electron chi connectivity index (χ2n) is 4.58. The Balaban J connectivity index is 2.55. The number of amides is 1. The molecule has 0 saturated carbocycles. The number of carbonyl (C=O) groups is 1. The fraction of sp³-hybridized carbons (Fsp3) is 0.667. The zero-order valence-electron chi connectivity index (χ0n) is 10.7. The number of nitrogens with one attached hydrogen (secondary N) is 1. The van der Waals surface area contributed by atoms with Gasteiger partial charge in [-0.1, -0.05) is 6.92 Å². The van der Waals surface area contributed by atoms with Crippen molar-refractivity contribution in [2.45, 2.75) is 33.2 Å². The van der Waals surface area contributed by atoms with Crippen LogP contribution in [0.2, 0.25) is 0 Å². The molecule has 5 heteroatoms. The van der Waals surface area contributed by atoms with Gasteiger partial charge in [0, 0.05) is 25.4 Å². The topological polar surface area (TPSA) is 67.2 Å². The number of nitrogens with zero attached hydrogens (tertiary/aromatic N) is 2.